The molecular weight excluding hydrogens is 362 g/mol. The fourth-order valence-electron chi connectivity index (χ4n) is 3.01. The summed E-state index contributed by atoms with van der Waals surface area (Å²) in [5.74, 6) is 0. The van der Waals surface area contributed by atoms with Gasteiger partial charge in [0.2, 0.25) is 0 Å². The number of nitrogens with one attached hydrogen (secondary N) is 2. The van der Waals surface area contributed by atoms with Crippen LogP contribution in [0.25, 0.3) is 22.0 Å². The van der Waals surface area contributed by atoms with Crippen LogP contribution in [0.3, 0.4) is 0 Å². The highest BCUT2D eigenvalue weighted by Gasteiger charge is 2.17. The summed E-state index contributed by atoms with van der Waals surface area (Å²) in [6.45, 7) is 0.645. The van der Waals surface area contributed by atoms with Gasteiger partial charge in [0.1, 0.15) is 4.99 Å². The van der Waals surface area contributed by atoms with Gasteiger partial charge in [-0.15, -0.1) is 0 Å². The van der Waals surface area contributed by atoms with Crippen molar-refractivity contribution in [2.45, 2.75) is 6.54 Å². The number of thiocarbonyl (C=S) groups is 1. The minimum Gasteiger partial charge on any atom is -0.370 e. The van der Waals surface area contributed by atoms with Crippen molar-refractivity contribution in [2.24, 2.45) is 0 Å². The minimum absolute atomic E-state index is 0.645. The van der Waals surface area contributed by atoms with E-state index in [1.54, 1.807) is 12.4 Å². The van der Waals surface area contributed by atoms with Crippen LogP contribution >= 0.6 is 23.8 Å². The fourth-order valence-corrected chi connectivity index (χ4v) is 3.41. The Morgan fingerprint density at radius 3 is 2.58 bits per heavy atom. The number of fused-ring (bicyclic) bond motifs is 1. The van der Waals surface area contributed by atoms with Crippen LogP contribution in [0.5, 0.6) is 0 Å². The van der Waals surface area contributed by atoms with Crippen molar-refractivity contribution in [2.75, 3.05) is 0 Å². The number of aromatic nitrogens is 2. The van der Waals surface area contributed by atoms with Crippen LogP contribution in [-0.4, -0.2) is 15.0 Å². The van der Waals surface area contributed by atoms with Crippen molar-refractivity contribution in [1.82, 2.24) is 15.3 Å². The maximum absolute atomic E-state index is 6.24. The van der Waals surface area contributed by atoms with Gasteiger partial charge in [0.15, 0.2) is 0 Å². The molecular formula is C21H16ClN3S. The first-order valence-electron chi connectivity index (χ1n) is 8.26. The largest absolute Gasteiger partial charge is 0.370 e. The molecule has 0 aliphatic carbocycles. The van der Waals surface area contributed by atoms with Crippen LogP contribution < -0.4 is 5.32 Å². The molecule has 2 N–H and O–H groups in total. The summed E-state index contributed by atoms with van der Waals surface area (Å²) in [5.41, 5.74) is 5.20. The van der Waals surface area contributed by atoms with Crippen molar-refractivity contribution in [1.29, 1.82) is 0 Å². The Labute approximate surface area is 162 Å². The molecule has 0 atom stereocenters. The van der Waals surface area contributed by atoms with Crippen LogP contribution in [0.1, 0.15) is 11.3 Å². The molecule has 26 heavy (non-hydrogen) atoms. The van der Waals surface area contributed by atoms with Gasteiger partial charge in [-0.3, -0.25) is 4.98 Å². The zero-order valence-corrected chi connectivity index (χ0v) is 15.4. The molecule has 0 aliphatic heterocycles. The molecule has 128 valence electrons. The Kier molecular flexibility index (Phi) is 4.69. The summed E-state index contributed by atoms with van der Waals surface area (Å²) in [6, 6.07) is 20.0. The first-order valence-corrected chi connectivity index (χ1v) is 9.05. The quantitative estimate of drug-likeness (QED) is 0.471. The number of hydrogen-bond donors (Lipinski definition) is 2. The standard InChI is InChI=1S/C21H16ClN3S/c22-16-6-7-18-17(12-16)19(15-4-2-1-3-5-15)20(25-18)21(26)24-13-14-8-10-23-11-9-14/h1-12,25H,13H2,(H,24,26). The van der Waals surface area contributed by atoms with E-state index in [0.717, 1.165) is 33.3 Å². The maximum Gasteiger partial charge on any atom is 0.124 e. The molecule has 3 nitrogen and oxygen atoms in total. The number of rotatable bonds is 4. The molecule has 5 heteroatoms. The zero-order chi connectivity index (χ0) is 17.9. The molecule has 0 bridgehead atoms. The normalized spacial score (nSPS) is 10.8. The molecule has 0 saturated carbocycles. The minimum atomic E-state index is 0.645. The third-order valence-electron chi connectivity index (χ3n) is 4.25. The van der Waals surface area contributed by atoms with Gasteiger partial charge in [-0.05, 0) is 41.5 Å². The number of aromatic amines is 1. The summed E-state index contributed by atoms with van der Waals surface area (Å²) in [5, 5.41) is 5.11. The first-order chi connectivity index (χ1) is 12.7. The van der Waals surface area contributed by atoms with Gasteiger partial charge in [0, 0.05) is 40.4 Å². The smallest absolute Gasteiger partial charge is 0.124 e. The van der Waals surface area contributed by atoms with Gasteiger partial charge in [-0.25, -0.2) is 0 Å². The van der Waals surface area contributed by atoms with Crippen LogP contribution in [0, 0.1) is 0 Å². The van der Waals surface area contributed by atoms with Crippen molar-refractivity contribution in [3.63, 3.8) is 0 Å². The summed E-state index contributed by atoms with van der Waals surface area (Å²) in [7, 11) is 0. The predicted molar refractivity (Wildman–Crippen MR) is 112 cm³/mol. The lowest BCUT2D eigenvalue weighted by molar-refractivity contribution is 0.922. The lowest BCUT2D eigenvalue weighted by Crippen LogP contribution is -2.22. The van der Waals surface area contributed by atoms with E-state index < -0.39 is 0 Å². The number of H-pyrrole nitrogens is 1. The summed E-state index contributed by atoms with van der Waals surface area (Å²) < 4.78 is 0. The van der Waals surface area contributed by atoms with Gasteiger partial charge >= 0.3 is 0 Å². The predicted octanol–water partition coefficient (Wildman–Crippen LogP) is 5.35. The second-order valence-electron chi connectivity index (χ2n) is 5.97. The molecule has 0 fully saturated rings. The molecule has 4 aromatic rings. The summed E-state index contributed by atoms with van der Waals surface area (Å²) >= 11 is 11.9. The first kappa shape index (κ1) is 16.8. The van der Waals surface area contributed by atoms with E-state index in [-0.39, 0.29) is 0 Å². The van der Waals surface area contributed by atoms with Gasteiger partial charge in [-0.1, -0.05) is 54.2 Å². The molecule has 0 aliphatic rings. The Morgan fingerprint density at radius 1 is 1.04 bits per heavy atom. The van der Waals surface area contributed by atoms with Crippen molar-refractivity contribution >= 4 is 39.7 Å². The second kappa shape index (κ2) is 7.28. The van der Waals surface area contributed by atoms with Crippen molar-refractivity contribution in [3.8, 4) is 11.1 Å². The van der Waals surface area contributed by atoms with Crippen LogP contribution in [0.4, 0.5) is 0 Å². The van der Waals surface area contributed by atoms with Gasteiger partial charge in [0.05, 0.1) is 5.69 Å². The molecule has 0 spiro atoms. The highest BCUT2D eigenvalue weighted by molar-refractivity contribution is 7.80. The van der Waals surface area contributed by atoms with Gasteiger partial charge in [0.25, 0.3) is 0 Å². The van der Waals surface area contributed by atoms with Gasteiger partial charge in [-0.2, -0.15) is 0 Å². The molecule has 2 aromatic heterocycles. The van der Waals surface area contributed by atoms with Crippen LogP contribution in [-0.2, 0) is 6.54 Å². The number of hydrogen-bond acceptors (Lipinski definition) is 2. The number of halogens is 1. The molecule has 0 unspecified atom stereocenters. The van der Waals surface area contributed by atoms with E-state index >= 15 is 0 Å². The third-order valence-corrected chi connectivity index (χ3v) is 4.84. The molecule has 0 radical (unpaired) electrons. The maximum atomic E-state index is 6.24. The lowest BCUT2D eigenvalue weighted by Gasteiger charge is -2.10. The van der Waals surface area contributed by atoms with E-state index in [4.69, 9.17) is 23.8 Å². The lowest BCUT2D eigenvalue weighted by atomic mass is 10.0. The highest BCUT2D eigenvalue weighted by Crippen LogP contribution is 2.34. The second-order valence-corrected chi connectivity index (χ2v) is 6.81. The Morgan fingerprint density at radius 2 is 1.81 bits per heavy atom. The van der Waals surface area contributed by atoms with E-state index in [2.05, 4.69) is 27.4 Å². The molecule has 2 heterocycles. The van der Waals surface area contributed by atoms with Crippen molar-refractivity contribution in [3.05, 3.63) is 89.3 Å². The van der Waals surface area contributed by atoms with Crippen molar-refractivity contribution < 1.29 is 0 Å². The monoisotopic (exact) mass is 377 g/mol. The van der Waals surface area contributed by atoms with E-state index in [0.29, 0.717) is 16.6 Å². The molecule has 2 aromatic carbocycles. The molecule has 0 saturated heterocycles. The average molecular weight is 378 g/mol. The Bertz CT molecular complexity index is 1060. The van der Waals surface area contributed by atoms with Crippen LogP contribution in [0.15, 0.2) is 73.1 Å². The van der Waals surface area contributed by atoms with E-state index in [1.165, 1.54) is 0 Å². The number of pyridine rings is 1. The summed E-state index contributed by atoms with van der Waals surface area (Å²) in [6.07, 6.45) is 3.56. The average Bonchev–Trinajstić information content (AvgIpc) is 3.06. The molecule has 0 amide bonds. The van der Waals surface area contributed by atoms with Crippen LogP contribution in [0.2, 0.25) is 5.02 Å². The topological polar surface area (TPSA) is 40.7 Å². The third kappa shape index (κ3) is 3.34. The number of benzene rings is 2. The Hall–Kier alpha value is -2.69. The molecule has 4 rings (SSSR count). The zero-order valence-electron chi connectivity index (χ0n) is 13.9. The SMILES string of the molecule is S=C(NCc1ccncc1)c1[nH]c2ccc(Cl)cc2c1-c1ccccc1. The Balaban J connectivity index is 1.75. The van der Waals surface area contributed by atoms with E-state index in [9.17, 15) is 0 Å². The summed E-state index contributed by atoms with van der Waals surface area (Å²) in [4.78, 5) is 8.17. The highest BCUT2D eigenvalue weighted by atomic mass is 35.5. The fraction of sp³-hybridized carbons (Fsp3) is 0.0476. The van der Waals surface area contributed by atoms with E-state index in [1.807, 2.05) is 48.5 Å². The number of nitrogens with zero attached hydrogens (tertiary/aromatic N) is 1. The van der Waals surface area contributed by atoms with Gasteiger partial charge < -0.3 is 10.3 Å².